The molecular weight excluding hydrogens is 192 g/mol. The first-order valence-electron chi connectivity index (χ1n) is 4.67. The molecule has 0 nitrogen and oxygen atoms in total. The quantitative estimate of drug-likeness (QED) is 0.559. The molecule has 0 aromatic rings. The van der Waals surface area contributed by atoms with E-state index in [1.807, 2.05) is 12.2 Å². The molecule has 0 spiro atoms. The monoisotopic (exact) mass is 220 g/mol. The summed E-state index contributed by atoms with van der Waals surface area (Å²) in [6.07, 6.45) is 12.4. The van der Waals surface area contributed by atoms with Crippen molar-refractivity contribution in [3.8, 4) is 0 Å². The van der Waals surface area contributed by atoms with Crippen molar-refractivity contribution in [3.05, 3.63) is 60.3 Å². The van der Waals surface area contributed by atoms with Crippen LogP contribution >= 0.6 is 0 Å². The third-order valence-electron chi connectivity index (χ3n) is 2.31. The van der Waals surface area contributed by atoms with Gasteiger partial charge in [0.15, 0.2) is 0 Å². The first kappa shape index (κ1) is 20.2. The summed E-state index contributed by atoms with van der Waals surface area (Å²) in [5, 5.41) is 0. The molecule has 0 N–H and O–H groups in total. The fourth-order valence-electron chi connectivity index (χ4n) is 1.38. The topological polar surface area (TPSA) is 0 Å². The zero-order chi connectivity index (χ0) is 9.68. The average Bonchev–Trinajstić information content (AvgIpc) is 2.38. The van der Waals surface area contributed by atoms with Gasteiger partial charge in [-0.15, -0.1) is 0 Å². The lowest BCUT2D eigenvalue weighted by Crippen LogP contribution is -1.80. The Hall–Kier alpha value is -1.30. The molecule has 1 rings (SSSR count). The highest BCUT2D eigenvalue weighted by Gasteiger charge is 2.01. The summed E-state index contributed by atoms with van der Waals surface area (Å²) in [6, 6.07) is 0. The molecule has 0 heteroatoms. The molecular formula is C16H28. The van der Waals surface area contributed by atoms with E-state index in [-0.39, 0.29) is 22.3 Å². The van der Waals surface area contributed by atoms with E-state index in [4.69, 9.17) is 0 Å². The normalized spacial score (nSPS) is 13.4. The summed E-state index contributed by atoms with van der Waals surface area (Å²) < 4.78 is 0. The van der Waals surface area contributed by atoms with Gasteiger partial charge in [-0.2, -0.15) is 0 Å². The molecule has 0 amide bonds. The van der Waals surface area contributed by atoms with Crippen molar-refractivity contribution in [2.75, 3.05) is 0 Å². The van der Waals surface area contributed by atoms with E-state index in [0.29, 0.717) is 0 Å². The van der Waals surface area contributed by atoms with Gasteiger partial charge in [-0.3, -0.25) is 0 Å². The molecule has 0 bridgehead atoms. The maximum absolute atomic E-state index is 3.80. The average molecular weight is 220 g/mol. The highest BCUT2D eigenvalue weighted by molar-refractivity contribution is 5.49. The second kappa shape index (κ2) is 10.2. The van der Waals surface area contributed by atoms with E-state index in [0.717, 1.165) is 12.8 Å². The summed E-state index contributed by atoms with van der Waals surface area (Å²) in [5.41, 5.74) is 3.81. The van der Waals surface area contributed by atoms with E-state index in [2.05, 4.69) is 38.3 Å². The standard InChI is InChI=1S/C13H16.3CH4/c1-4-11-7-9-12(5-2)13(6-3)10-8-11;;;/h5-7,9-10H,2-4,8H2,1H3;3*1H4. The molecule has 1 aliphatic carbocycles. The smallest absolute Gasteiger partial charge is 0.0127 e. The highest BCUT2D eigenvalue weighted by atomic mass is 14.1. The van der Waals surface area contributed by atoms with Gasteiger partial charge in [-0.1, -0.05) is 78.3 Å². The molecule has 0 aromatic carbocycles. The maximum Gasteiger partial charge on any atom is -0.0127 e. The molecule has 0 heterocycles. The van der Waals surface area contributed by atoms with Gasteiger partial charge in [-0.05, 0) is 24.0 Å². The Morgan fingerprint density at radius 2 is 1.62 bits per heavy atom. The minimum Gasteiger partial charge on any atom is -0.0985 e. The Morgan fingerprint density at radius 1 is 1.06 bits per heavy atom. The minimum atomic E-state index is 0. The van der Waals surface area contributed by atoms with Crippen LogP contribution in [0.25, 0.3) is 0 Å². The zero-order valence-electron chi connectivity index (χ0n) is 8.22. The molecule has 16 heavy (non-hydrogen) atoms. The number of hydrogen-bond donors (Lipinski definition) is 0. The first-order chi connectivity index (χ1) is 6.31. The van der Waals surface area contributed by atoms with Crippen molar-refractivity contribution in [2.24, 2.45) is 0 Å². The molecule has 0 fully saturated rings. The van der Waals surface area contributed by atoms with Crippen molar-refractivity contribution in [1.82, 2.24) is 0 Å². The van der Waals surface area contributed by atoms with Crippen molar-refractivity contribution in [3.63, 3.8) is 0 Å². The van der Waals surface area contributed by atoms with Crippen LogP contribution in [0.15, 0.2) is 60.3 Å². The lowest BCUT2D eigenvalue weighted by molar-refractivity contribution is 1.03. The fourth-order valence-corrected chi connectivity index (χ4v) is 1.38. The Kier molecular flexibility index (Phi) is 12.9. The second-order valence-corrected chi connectivity index (χ2v) is 3.07. The van der Waals surface area contributed by atoms with Crippen LogP contribution in [0.3, 0.4) is 0 Å². The first-order valence-corrected chi connectivity index (χ1v) is 4.67. The van der Waals surface area contributed by atoms with E-state index in [9.17, 15) is 0 Å². The number of rotatable bonds is 3. The SMILES string of the molecule is C.C.C.C=CC1=CC=C(CC)CC=C1C=C. The van der Waals surface area contributed by atoms with Crippen molar-refractivity contribution in [2.45, 2.75) is 42.0 Å². The Morgan fingerprint density at radius 3 is 2.06 bits per heavy atom. The summed E-state index contributed by atoms with van der Waals surface area (Å²) in [4.78, 5) is 0. The van der Waals surface area contributed by atoms with Crippen LogP contribution in [0.2, 0.25) is 0 Å². The third kappa shape index (κ3) is 4.97. The minimum absolute atomic E-state index is 0. The maximum atomic E-state index is 3.80. The van der Waals surface area contributed by atoms with Gasteiger partial charge >= 0.3 is 0 Å². The van der Waals surface area contributed by atoms with Crippen molar-refractivity contribution < 1.29 is 0 Å². The molecule has 0 saturated heterocycles. The predicted octanol–water partition coefficient (Wildman–Crippen LogP) is 5.86. The lowest BCUT2D eigenvalue weighted by Gasteiger charge is -1.99. The van der Waals surface area contributed by atoms with Gasteiger partial charge in [-0.25, -0.2) is 0 Å². The Bertz CT molecular complexity index is 298. The third-order valence-corrected chi connectivity index (χ3v) is 2.31. The van der Waals surface area contributed by atoms with Crippen LogP contribution < -0.4 is 0 Å². The van der Waals surface area contributed by atoms with Gasteiger partial charge in [0.2, 0.25) is 0 Å². The molecule has 92 valence electrons. The summed E-state index contributed by atoms with van der Waals surface area (Å²) >= 11 is 0. The fraction of sp³-hybridized carbons (Fsp3) is 0.375. The van der Waals surface area contributed by atoms with E-state index in [1.54, 1.807) is 0 Å². The van der Waals surface area contributed by atoms with Crippen LogP contribution in [0.5, 0.6) is 0 Å². The van der Waals surface area contributed by atoms with Crippen molar-refractivity contribution >= 4 is 0 Å². The molecule has 0 atom stereocenters. The molecule has 1 aliphatic rings. The molecule has 0 unspecified atom stereocenters. The largest absolute Gasteiger partial charge is 0.0985 e. The summed E-state index contributed by atoms with van der Waals surface area (Å²) in [5.74, 6) is 0. The predicted molar refractivity (Wildman–Crippen MR) is 79.7 cm³/mol. The van der Waals surface area contributed by atoms with Gasteiger partial charge < -0.3 is 0 Å². The van der Waals surface area contributed by atoms with E-state index >= 15 is 0 Å². The Labute approximate surface area is 103 Å². The van der Waals surface area contributed by atoms with Gasteiger partial charge in [0.1, 0.15) is 0 Å². The molecule has 0 aliphatic heterocycles. The van der Waals surface area contributed by atoms with Gasteiger partial charge in [0.05, 0.1) is 0 Å². The lowest BCUT2D eigenvalue weighted by atomic mass is 10.1. The van der Waals surface area contributed by atoms with Crippen LogP contribution in [0, 0.1) is 0 Å². The molecule has 0 saturated carbocycles. The van der Waals surface area contributed by atoms with Crippen LogP contribution in [0.4, 0.5) is 0 Å². The molecule has 0 radical (unpaired) electrons. The van der Waals surface area contributed by atoms with Crippen LogP contribution in [-0.2, 0) is 0 Å². The van der Waals surface area contributed by atoms with Gasteiger partial charge in [0, 0.05) is 0 Å². The number of hydrogen-bond acceptors (Lipinski definition) is 0. The zero-order valence-corrected chi connectivity index (χ0v) is 8.22. The summed E-state index contributed by atoms with van der Waals surface area (Å²) in [6.45, 7) is 9.76. The Balaban J connectivity index is -0.000000563. The molecule has 0 aromatic heterocycles. The second-order valence-electron chi connectivity index (χ2n) is 3.07. The number of allylic oxidation sites excluding steroid dienone is 8. The summed E-state index contributed by atoms with van der Waals surface area (Å²) in [7, 11) is 0. The van der Waals surface area contributed by atoms with Crippen LogP contribution in [-0.4, -0.2) is 0 Å². The highest BCUT2D eigenvalue weighted by Crippen LogP contribution is 2.20. The van der Waals surface area contributed by atoms with E-state index < -0.39 is 0 Å². The van der Waals surface area contributed by atoms with E-state index in [1.165, 1.54) is 16.7 Å². The van der Waals surface area contributed by atoms with Crippen molar-refractivity contribution in [1.29, 1.82) is 0 Å². The van der Waals surface area contributed by atoms with Crippen LogP contribution in [0.1, 0.15) is 42.0 Å². The van der Waals surface area contributed by atoms with Gasteiger partial charge in [0.25, 0.3) is 0 Å².